The lowest BCUT2D eigenvalue weighted by Crippen LogP contribution is -2.13. The fourth-order valence-corrected chi connectivity index (χ4v) is 2.60. The van der Waals surface area contributed by atoms with Gasteiger partial charge >= 0.3 is 5.97 Å². The van der Waals surface area contributed by atoms with Crippen LogP contribution >= 0.6 is 0 Å². The molecule has 0 unspecified atom stereocenters. The van der Waals surface area contributed by atoms with E-state index in [2.05, 4.69) is 14.9 Å². The lowest BCUT2D eigenvalue weighted by Gasteiger charge is -2.09. The lowest BCUT2D eigenvalue weighted by atomic mass is 10.2. The van der Waals surface area contributed by atoms with E-state index in [1.165, 1.54) is 31.6 Å². The Kier molecular flexibility index (Phi) is 3.61. The van der Waals surface area contributed by atoms with Gasteiger partial charge in [-0.3, -0.25) is 9.82 Å². The molecule has 0 amide bonds. The number of carboxylic acid groups (broad SMARTS) is 1. The third-order valence-electron chi connectivity index (χ3n) is 2.46. The second kappa shape index (κ2) is 5.21. The zero-order valence-corrected chi connectivity index (χ0v) is 11.1. The zero-order chi connectivity index (χ0) is 14.8. The van der Waals surface area contributed by atoms with Gasteiger partial charge in [0.25, 0.3) is 10.0 Å². The van der Waals surface area contributed by atoms with Gasteiger partial charge in [-0.2, -0.15) is 5.10 Å². The summed E-state index contributed by atoms with van der Waals surface area (Å²) >= 11 is 0. The highest BCUT2D eigenvalue weighted by Crippen LogP contribution is 2.23. The number of methoxy groups -OCH3 is 1. The first kappa shape index (κ1) is 13.9. The quantitative estimate of drug-likeness (QED) is 0.754. The molecule has 2 aromatic rings. The van der Waals surface area contributed by atoms with E-state index >= 15 is 0 Å². The Hall–Kier alpha value is -2.55. The van der Waals surface area contributed by atoms with Gasteiger partial charge in [0.2, 0.25) is 0 Å². The molecular formula is C11H11N3O5S. The highest BCUT2D eigenvalue weighted by molar-refractivity contribution is 7.92. The highest BCUT2D eigenvalue weighted by atomic mass is 32.2. The minimum Gasteiger partial charge on any atom is -0.496 e. The highest BCUT2D eigenvalue weighted by Gasteiger charge is 2.19. The van der Waals surface area contributed by atoms with Crippen molar-refractivity contribution in [3.05, 3.63) is 36.2 Å². The van der Waals surface area contributed by atoms with Gasteiger partial charge in [0.05, 0.1) is 23.9 Å². The number of nitrogens with zero attached hydrogens (tertiary/aromatic N) is 1. The van der Waals surface area contributed by atoms with Crippen LogP contribution in [0.4, 0.5) is 5.69 Å². The van der Waals surface area contributed by atoms with Crippen molar-refractivity contribution in [2.75, 3.05) is 11.8 Å². The first-order valence-electron chi connectivity index (χ1n) is 5.37. The van der Waals surface area contributed by atoms with Crippen LogP contribution in [0, 0.1) is 0 Å². The van der Waals surface area contributed by atoms with E-state index in [1.807, 2.05) is 0 Å². The molecule has 1 heterocycles. The van der Waals surface area contributed by atoms with Crippen molar-refractivity contribution < 1.29 is 23.1 Å². The number of ether oxygens (including phenoxy) is 1. The summed E-state index contributed by atoms with van der Waals surface area (Å²) in [6, 6.07) is 3.57. The fourth-order valence-electron chi connectivity index (χ4n) is 1.54. The van der Waals surface area contributed by atoms with Gasteiger partial charge in [0, 0.05) is 6.20 Å². The average Bonchev–Trinajstić information content (AvgIpc) is 2.89. The third kappa shape index (κ3) is 2.72. The number of nitrogens with one attached hydrogen (secondary N) is 2. The Balaban J connectivity index is 2.42. The molecule has 8 nitrogen and oxygen atoms in total. The minimum absolute atomic E-state index is 0.0831. The van der Waals surface area contributed by atoms with Gasteiger partial charge in [-0.05, 0) is 18.2 Å². The summed E-state index contributed by atoms with van der Waals surface area (Å²) in [5.74, 6) is -1.19. The monoisotopic (exact) mass is 297 g/mol. The number of aromatic amines is 1. The molecule has 0 saturated carbocycles. The summed E-state index contributed by atoms with van der Waals surface area (Å²) < 4.78 is 31.3. The molecule has 20 heavy (non-hydrogen) atoms. The summed E-state index contributed by atoms with van der Waals surface area (Å²) in [4.78, 5) is 10.9. The molecule has 0 aliphatic heterocycles. The van der Waals surface area contributed by atoms with Gasteiger partial charge in [-0.1, -0.05) is 0 Å². The van der Waals surface area contributed by atoms with Crippen LogP contribution in [0.2, 0.25) is 0 Å². The topological polar surface area (TPSA) is 121 Å². The summed E-state index contributed by atoms with van der Waals surface area (Å²) in [6.07, 6.45) is 2.65. The van der Waals surface area contributed by atoms with Crippen LogP contribution in [0.3, 0.4) is 0 Å². The Labute approximate surface area is 114 Å². The molecule has 0 spiro atoms. The van der Waals surface area contributed by atoms with Crippen LogP contribution in [-0.2, 0) is 10.0 Å². The lowest BCUT2D eigenvalue weighted by molar-refractivity contribution is 0.0693. The maximum absolute atomic E-state index is 12.1. The van der Waals surface area contributed by atoms with E-state index in [4.69, 9.17) is 9.84 Å². The van der Waals surface area contributed by atoms with Gasteiger partial charge < -0.3 is 9.84 Å². The van der Waals surface area contributed by atoms with E-state index in [1.54, 1.807) is 0 Å². The molecule has 0 fully saturated rings. The Morgan fingerprint density at radius 1 is 1.45 bits per heavy atom. The number of aromatic carboxylic acids is 1. The van der Waals surface area contributed by atoms with Crippen molar-refractivity contribution in [1.29, 1.82) is 0 Å². The number of hydrogen-bond donors (Lipinski definition) is 3. The number of rotatable bonds is 5. The standard InChI is InChI=1S/C11H11N3O5S/c1-19-10-3-2-8(4-9(10)11(15)16)20(17,18)14-7-5-12-13-6-7/h2-6,14H,1H3,(H,12,13)(H,15,16). The molecule has 3 N–H and O–H groups in total. The summed E-state index contributed by atoms with van der Waals surface area (Å²) in [7, 11) is -2.59. The molecule has 0 atom stereocenters. The average molecular weight is 297 g/mol. The largest absolute Gasteiger partial charge is 0.496 e. The maximum atomic E-state index is 12.1. The number of carbonyl (C=O) groups is 1. The first-order chi connectivity index (χ1) is 9.44. The SMILES string of the molecule is COc1ccc(S(=O)(=O)Nc2cn[nH]c2)cc1C(=O)O. The number of hydrogen-bond acceptors (Lipinski definition) is 5. The third-order valence-corrected chi connectivity index (χ3v) is 3.84. The minimum atomic E-state index is -3.89. The second-order valence-electron chi connectivity index (χ2n) is 3.76. The molecule has 1 aromatic carbocycles. The van der Waals surface area contributed by atoms with Crippen molar-refractivity contribution in [2.24, 2.45) is 0 Å². The summed E-state index contributed by atoms with van der Waals surface area (Å²) in [5, 5.41) is 15.1. The predicted octanol–water partition coefficient (Wildman–Crippen LogP) is 0.917. The Morgan fingerprint density at radius 2 is 2.20 bits per heavy atom. The molecule has 0 aliphatic rings. The van der Waals surface area contributed by atoms with Gasteiger partial charge in [-0.25, -0.2) is 13.2 Å². The Morgan fingerprint density at radius 3 is 2.75 bits per heavy atom. The normalized spacial score (nSPS) is 11.1. The molecule has 0 bridgehead atoms. The van der Waals surface area contributed by atoms with Crippen molar-refractivity contribution in [1.82, 2.24) is 10.2 Å². The van der Waals surface area contributed by atoms with Crippen molar-refractivity contribution in [3.63, 3.8) is 0 Å². The van der Waals surface area contributed by atoms with Gasteiger partial charge in [-0.15, -0.1) is 0 Å². The number of H-pyrrole nitrogens is 1. The van der Waals surface area contributed by atoms with E-state index in [9.17, 15) is 13.2 Å². The zero-order valence-electron chi connectivity index (χ0n) is 10.3. The maximum Gasteiger partial charge on any atom is 0.339 e. The molecule has 0 radical (unpaired) electrons. The second-order valence-corrected chi connectivity index (χ2v) is 5.44. The van der Waals surface area contributed by atoms with Gasteiger partial charge in [0.15, 0.2) is 0 Å². The summed E-state index contributed by atoms with van der Waals surface area (Å²) in [5.41, 5.74) is 0.0141. The first-order valence-corrected chi connectivity index (χ1v) is 6.85. The van der Waals surface area contributed by atoms with E-state index in [0.29, 0.717) is 0 Å². The molecule has 2 rings (SSSR count). The van der Waals surface area contributed by atoms with Crippen LogP contribution in [0.15, 0.2) is 35.5 Å². The number of aromatic nitrogens is 2. The molecule has 0 aliphatic carbocycles. The van der Waals surface area contributed by atoms with Crippen molar-refractivity contribution in [3.8, 4) is 5.75 Å². The van der Waals surface area contributed by atoms with Gasteiger partial charge in [0.1, 0.15) is 11.3 Å². The predicted molar refractivity (Wildman–Crippen MR) is 69.3 cm³/mol. The number of carboxylic acids is 1. The number of anilines is 1. The molecular weight excluding hydrogens is 286 g/mol. The molecule has 0 saturated heterocycles. The fraction of sp³-hybridized carbons (Fsp3) is 0.0909. The van der Waals surface area contributed by atoms with Crippen molar-refractivity contribution in [2.45, 2.75) is 4.90 Å². The van der Waals surface area contributed by atoms with E-state index in [0.717, 1.165) is 6.07 Å². The molecule has 1 aromatic heterocycles. The molecule has 106 valence electrons. The smallest absolute Gasteiger partial charge is 0.339 e. The van der Waals surface area contributed by atoms with E-state index < -0.39 is 16.0 Å². The van der Waals surface area contributed by atoms with Crippen molar-refractivity contribution >= 4 is 21.7 Å². The van der Waals surface area contributed by atoms with Crippen LogP contribution in [0.25, 0.3) is 0 Å². The summed E-state index contributed by atoms with van der Waals surface area (Å²) in [6.45, 7) is 0. The molecule has 9 heteroatoms. The van der Waals surface area contributed by atoms with E-state index in [-0.39, 0.29) is 21.9 Å². The van der Waals surface area contributed by atoms with Crippen LogP contribution < -0.4 is 9.46 Å². The number of sulfonamides is 1. The number of benzene rings is 1. The van der Waals surface area contributed by atoms with Crippen LogP contribution in [0.1, 0.15) is 10.4 Å². The van der Waals surface area contributed by atoms with Crippen LogP contribution in [0.5, 0.6) is 5.75 Å². The Bertz CT molecular complexity index is 725. The van der Waals surface area contributed by atoms with Crippen LogP contribution in [-0.4, -0.2) is 36.8 Å².